The summed E-state index contributed by atoms with van der Waals surface area (Å²) in [5.41, 5.74) is 0. The molecule has 0 radical (unpaired) electrons. The van der Waals surface area contributed by atoms with E-state index >= 15 is 0 Å². The minimum Gasteiger partial charge on any atom is -0.465 e. The predicted molar refractivity (Wildman–Crippen MR) is 110 cm³/mol. The molecule has 0 aromatic heterocycles. The molecule has 2 aromatic carbocycles. The van der Waals surface area contributed by atoms with Gasteiger partial charge in [-0.15, -0.1) is 0 Å². The molecule has 2 nitrogen and oxygen atoms in total. The van der Waals surface area contributed by atoms with Crippen LogP contribution in [0.1, 0.15) is 40.5 Å². The number of benzene rings is 2. The second kappa shape index (κ2) is 12.7. The van der Waals surface area contributed by atoms with E-state index in [2.05, 4.69) is 55.5 Å². The maximum absolute atomic E-state index is 12.2. The highest BCUT2D eigenvalue weighted by Crippen LogP contribution is 2.36. The highest BCUT2D eigenvalue weighted by Gasteiger charge is 2.22. The first-order chi connectivity index (χ1) is 12.2. The summed E-state index contributed by atoms with van der Waals surface area (Å²) in [5.74, 6) is -0.156. The third-order valence-corrected chi connectivity index (χ3v) is 6.49. The van der Waals surface area contributed by atoms with Crippen molar-refractivity contribution in [2.45, 2.75) is 40.5 Å². The lowest BCUT2D eigenvalue weighted by atomic mass is 10.2. The minimum absolute atomic E-state index is 0.0715. The molecule has 2 rings (SSSR count). The second-order valence-corrected chi connectivity index (χ2v) is 7.96. The van der Waals surface area contributed by atoms with E-state index < -0.39 is 7.92 Å². The summed E-state index contributed by atoms with van der Waals surface area (Å²) >= 11 is 0. The maximum atomic E-state index is 12.2. The van der Waals surface area contributed by atoms with Crippen molar-refractivity contribution in [3.05, 3.63) is 60.7 Å². The quantitative estimate of drug-likeness (QED) is 0.372. The fraction of sp³-hybridized carbons (Fsp3) is 0.409. The van der Waals surface area contributed by atoms with Crippen LogP contribution in [0.5, 0.6) is 0 Å². The summed E-state index contributed by atoms with van der Waals surface area (Å²) < 4.78 is 5.39. The summed E-state index contributed by atoms with van der Waals surface area (Å²) in [7, 11) is -0.542. The number of carbonyl (C=O) groups is 1. The largest absolute Gasteiger partial charge is 0.465 e. The Kier molecular flexibility index (Phi) is 10.8. The Bertz CT molecular complexity index is 544. The lowest BCUT2D eigenvalue weighted by Crippen LogP contribution is -2.23. The average molecular weight is 358 g/mol. The van der Waals surface area contributed by atoms with Crippen LogP contribution < -0.4 is 10.6 Å². The molecule has 25 heavy (non-hydrogen) atoms. The third-order valence-electron chi connectivity index (χ3n) is 3.74. The minimum atomic E-state index is -0.542. The summed E-state index contributed by atoms with van der Waals surface area (Å²) in [4.78, 5) is 12.2. The van der Waals surface area contributed by atoms with Crippen LogP contribution in [0, 0.1) is 5.92 Å². The molecular weight excluding hydrogens is 327 g/mol. The highest BCUT2D eigenvalue weighted by molar-refractivity contribution is 7.73. The van der Waals surface area contributed by atoms with Gasteiger partial charge in [0.05, 0.1) is 12.5 Å². The lowest BCUT2D eigenvalue weighted by Gasteiger charge is -2.22. The van der Waals surface area contributed by atoms with Gasteiger partial charge < -0.3 is 4.74 Å². The van der Waals surface area contributed by atoms with Gasteiger partial charge in [0.1, 0.15) is 0 Å². The van der Waals surface area contributed by atoms with Crippen molar-refractivity contribution in [2.75, 3.05) is 12.8 Å². The Morgan fingerprint density at radius 3 is 1.88 bits per heavy atom. The number of carbonyl (C=O) groups excluding carboxylic acids is 1. The van der Waals surface area contributed by atoms with Crippen LogP contribution in [0.2, 0.25) is 0 Å². The molecule has 0 aliphatic carbocycles. The standard InChI is InChI=1S/C20H25O2P.C2H6/c1-3-4-15-22-20(21)17(2)16-23(18-11-7-5-8-12-18)19-13-9-6-10-14-19;1-2/h5-14,17H,3-4,15-16H2,1-2H3;1-2H3. The van der Waals surface area contributed by atoms with Crippen LogP contribution >= 0.6 is 7.92 Å². The third kappa shape index (κ3) is 7.40. The monoisotopic (exact) mass is 358 g/mol. The molecule has 0 fully saturated rings. The van der Waals surface area contributed by atoms with Gasteiger partial charge in [0.15, 0.2) is 0 Å². The summed E-state index contributed by atoms with van der Waals surface area (Å²) in [5, 5.41) is 2.61. The Morgan fingerprint density at radius 2 is 1.44 bits per heavy atom. The molecule has 0 N–H and O–H groups in total. The van der Waals surface area contributed by atoms with Gasteiger partial charge in [-0.2, -0.15) is 0 Å². The van der Waals surface area contributed by atoms with E-state index in [0.29, 0.717) is 6.61 Å². The van der Waals surface area contributed by atoms with Gasteiger partial charge in [0, 0.05) is 0 Å². The SMILES string of the molecule is CC.CCCCOC(=O)C(C)CP(c1ccccc1)c1ccccc1. The van der Waals surface area contributed by atoms with Crippen molar-refractivity contribution in [3.63, 3.8) is 0 Å². The Labute approximate surface area is 154 Å². The predicted octanol–water partition coefficient (Wildman–Crippen LogP) is 5.12. The molecule has 136 valence electrons. The van der Waals surface area contributed by atoms with Gasteiger partial charge in [-0.05, 0) is 31.1 Å². The zero-order chi connectivity index (χ0) is 18.5. The van der Waals surface area contributed by atoms with Gasteiger partial charge in [-0.25, -0.2) is 0 Å². The first-order valence-electron chi connectivity index (χ1n) is 9.26. The van der Waals surface area contributed by atoms with Gasteiger partial charge in [-0.1, -0.05) is 94.8 Å². The highest BCUT2D eigenvalue weighted by atomic mass is 31.1. The van der Waals surface area contributed by atoms with Crippen molar-refractivity contribution >= 4 is 24.5 Å². The van der Waals surface area contributed by atoms with Crippen LogP contribution in [0.25, 0.3) is 0 Å². The second-order valence-electron chi connectivity index (χ2n) is 5.70. The van der Waals surface area contributed by atoms with Gasteiger partial charge in [-0.3, -0.25) is 4.79 Å². The van der Waals surface area contributed by atoms with Gasteiger partial charge in [0.25, 0.3) is 0 Å². The van der Waals surface area contributed by atoms with E-state index in [1.807, 2.05) is 32.9 Å². The van der Waals surface area contributed by atoms with Crippen molar-refractivity contribution in [3.8, 4) is 0 Å². The van der Waals surface area contributed by atoms with Crippen molar-refractivity contribution < 1.29 is 9.53 Å². The smallest absolute Gasteiger partial charge is 0.309 e. The number of rotatable bonds is 8. The van der Waals surface area contributed by atoms with Crippen LogP contribution in [0.15, 0.2) is 60.7 Å². The molecule has 1 atom stereocenters. The molecule has 2 aromatic rings. The zero-order valence-corrected chi connectivity index (χ0v) is 16.8. The number of esters is 1. The number of unbranched alkanes of at least 4 members (excludes halogenated alkanes) is 1. The fourth-order valence-corrected chi connectivity index (χ4v) is 4.86. The van der Waals surface area contributed by atoms with Crippen LogP contribution in [-0.2, 0) is 9.53 Å². The maximum Gasteiger partial charge on any atom is 0.309 e. The van der Waals surface area contributed by atoms with Crippen LogP contribution in [0.3, 0.4) is 0 Å². The molecule has 1 unspecified atom stereocenters. The Morgan fingerprint density at radius 1 is 0.960 bits per heavy atom. The van der Waals surface area contributed by atoms with Crippen LogP contribution in [-0.4, -0.2) is 18.7 Å². The molecule has 3 heteroatoms. The van der Waals surface area contributed by atoms with Gasteiger partial charge >= 0.3 is 5.97 Å². The number of ether oxygens (including phenoxy) is 1. The van der Waals surface area contributed by atoms with E-state index in [4.69, 9.17) is 4.74 Å². The summed E-state index contributed by atoms with van der Waals surface area (Å²) in [6.45, 7) is 8.62. The fourth-order valence-electron chi connectivity index (χ4n) is 2.38. The number of hydrogen-bond donors (Lipinski definition) is 0. The molecule has 0 heterocycles. The molecule has 0 saturated carbocycles. The zero-order valence-electron chi connectivity index (χ0n) is 15.9. The summed E-state index contributed by atoms with van der Waals surface area (Å²) in [6, 6.07) is 21.0. The lowest BCUT2D eigenvalue weighted by molar-refractivity contribution is -0.147. The van der Waals surface area contributed by atoms with E-state index in [1.54, 1.807) is 0 Å². The average Bonchev–Trinajstić information content (AvgIpc) is 2.69. The van der Waals surface area contributed by atoms with Crippen molar-refractivity contribution in [2.24, 2.45) is 5.92 Å². The Balaban J connectivity index is 0.00000151. The van der Waals surface area contributed by atoms with E-state index in [0.717, 1.165) is 19.0 Å². The van der Waals surface area contributed by atoms with Crippen molar-refractivity contribution in [1.29, 1.82) is 0 Å². The van der Waals surface area contributed by atoms with E-state index in [9.17, 15) is 4.79 Å². The van der Waals surface area contributed by atoms with E-state index in [1.165, 1.54) is 10.6 Å². The molecule has 0 saturated heterocycles. The molecule has 0 aliphatic rings. The first-order valence-corrected chi connectivity index (χ1v) is 10.8. The molecule has 0 aliphatic heterocycles. The van der Waals surface area contributed by atoms with Crippen LogP contribution in [0.4, 0.5) is 0 Å². The Hall–Kier alpha value is -1.66. The first kappa shape index (κ1) is 21.4. The van der Waals surface area contributed by atoms with Gasteiger partial charge in [0.2, 0.25) is 0 Å². The normalized spacial score (nSPS) is 11.4. The molecule has 0 spiro atoms. The topological polar surface area (TPSA) is 26.3 Å². The van der Waals surface area contributed by atoms with E-state index in [-0.39, 0.29) is 11.9 Å². The summed E-state index contributed by atoms with van der Waals surface area (Å²) in [6.07, 6.45) is 2.81. The molecular formula is C22H31O2P. The molecule has 0 bridgehead atoms. The molecule has 0 amide bonds. The number of hydrogen-bond acceptors (Lipinski definition) is 2. The van der Waals surface area contributed by atoms with Crippen molar-refractivity contribution in [1.82, 2.24) is 0 Å².